The van der Waals surface area contributed by atoms with Gasteiger partial charge in [-0.2, -0.15) is 13.2 Å². The Kier molecular flexibility index (Phi) is 5.11. The number of hydrogen-bond acceptors (Lipinski definition) is 3. The summed E-state index contributed by atoms with van der Waals surface area (Å²) in [7, 11) is 0. The first-order chi connectivity index (χ1) is 9.86. The molecule has 0 amide bonds. The second-order valence-electron chi connectivity index (χ2n) is 5.07. The Morgan fingerprint density at radius 1 is 1.38 bits per heavy atom. The lowest BCUT2D eigenvalue weighted by Gasteiger charge is -2.26. The Morgan fingerprint density at radius 2 is 2.14 bits per heavy atom. The normalized spacial score (nSPS) is 16.7. The summed E-state index contributed by atoms with van der Waals surface area (Å²) < 4.78 is 38.1. The van der Waals surface area contributed by atoms with Gasteiger partial charge in [0, 0.05) is 26.2 Å². The maximum absolute atomic E-state index is 12.7. The van der Waals surface area contributed by atoms with Crippen LogP contribution >= 0.6 is 11.6 Å². The van der Waals surface area contributed by atoms with E-state index < -0.39 is 11.9 Å². The van der Waals surface area contributed by atoms with Gasteiger partial charge in [0.1, 0.15) is 5.82 Å². The van der Waals surface area contributed by atoms with Gasteiger partial charge >= 0.3 is 6.18 Å². The van der Waals surface area contributed by atoms with Crippen LogP contribution in [0, 0.1) is 0 Å². The van der Waals surface area contributed by atoms with Crippen molar-refractivity contribution in [2.24, 2.45) is 0 Å². The van der Waals surface area contributed by atoms with E-state index in [9.17, 15) is 13.2 Å². The van der Waals surface area contributed by atoms with Crippen molar-refractivity contribution < 1.29 is 13.2 Å². The van der Waals surface area contributed by atoms with Gasteiger partial charge in [-0.25, -0.2) is 4.98 Å². The van der Waals surface area contributed by atoms with E-state index in [4.69, 9.17) is 11.6 Å². The molecule has 0 spiro atoms. The number of aromatic nitrogens is 1. The van der Waals surface area contributed by atoms with E-state index in [1.54, 1.807) is 0 Å². The topological polar surface area (TPSA) is 28.2 Å². The average Bonchev–Trinajstić information content (AvgIpc) is 2.39. The Bertz CT molecular complexity index is 529. The summed E-state index contributed by atoms with van der Waals surface area (Å²) >= 11 is 5.53. The van der Waals surface area contributed by atoms with Crippen LogP contribution in [0.2, 0.25) is 5.02 Å². The highest BCUT2D eigenvalue weighted by atomic mass is 35.5. The lowest BCUT2D eigenvalue weighted by atomic mass is 10.1. The number of nitrogens with zero attached hydrogens (tertiary/aromatic N) is 2. The summed E-state index contributed by atoms with van der Waals surface area (Å²) in [5.74, 6) is 0.191. The molecule has 1 aliphatic heterocycles. The highest BCUT2D eigenvalue weighted by Crippen LogP contribution is 2.33. The lowest BCUT2D eigenvalue weighted by Crippen LogP contribution is -2.33. The monoisotopic (exact) mass is 319 g/mol. The Labute approximate surface area is 126 Å². The maximum Gasteiger partial charge on any atom is 0.434 e. The predicted octanol–water partition coefficient (Wildman–Crippen LogP) is 3.82. The van der Waals surface area contributed by atoms with Crippen LogP contribution in [0.15, 0.2) is 23.8 Å². The second kappa shape index (κ2) is 6.66. The maximum atomic E-state index is 12.7. The van der Waals surface area contributed by atoms with Crippen LogP contribution in [0.25, 0.3) is 0 Å². The molecule has 0 aliphatic carbocycles. The van der Waals surface area contributed by atoms with Crippen LogP contribution < -0.4 is 5.32 Å². The molecule has 0 radical (unpaired) electrons. The van der Waals surface area contributed by atoms with Gasteiger partial charge in [0.2, 0.25) is 0 Å². The van der Waals surface area contributed by atoms with Gasteiger partial charge in [-0.3, -0.25) is 4.90 Å². The van der Waals surface area contributed by atoms with Gasteiger partial charge in [0.05, 0.1) is 5.02 Å². The molecule has 2 rings (SSSR count). The molecule has 116 valence electrons. The number of rotatable bonds is 4. The third kappa shape index (κ3) is 4.61. The van der Waals surface area contributed by atoms with E-state index in [1.165, 1.54) is 17.7 Å². The third-order valence-electron chi connectivity index (χ3n) is 3.26. The third-order valence-corrected chi connectivity index (χ3v) is 3.56. The van der Waals surface area contributed by atoms with E-state index in [0.717, 1.165) is 26.1 Å². The number of pyridine rings is 1. The van der Waals surface area contributed by atoms with Crippen LogP contribution in [0.1, 0.15) is 19.0 Å². The van der Waals surface area contributed by atoms with Crippen molar-refractivity contribution in [2.45, 2.75) is 19.5 Å². The largest absolute Gasteiger partial charge is 0.434 e. The van der Waals surface area contributed by atoms with Crippen LogP contribution in [0.3, 0.4) is 0 Å². The highest BCUT2D eigenvalue weighted by Gasteiger charge is 2.35. The molecule has 0 saturated heterocycles. The number of alkyl halides is 3. The summed E-state index contributed by atoms with van der Waals surface area (Å²) in [6.07, 6.45) is -1.31. The van der Waals surface area contributed by atoms with Gasteiger partial charge in [0.25, 0.3) is 0 Å². The van der Waals surface area contributed by atoms with E-state index in [1.807, 2.05) is 0 Å². The Morgan fingerprint density at radius 3 is 2.81 bits per heavy atom. The molecule has 1 aliphatic rings. The Balaban J connectivity index is 1.90. The molecule has 0 fully saturated rings. The smallest absolute Gasteiger partial charge is 0.369 e. The van der Waals surface area contributed by atoms with Crippen molar-refractivity contribution in [1.29, 1.82) is 0 Å². The summed E-state index contributed by atoms with van der Waals surface area (Å²) in [6.45, 7) is 5.26. The minimum Gasteiger partial charge on any atom is -0.369 e. The molecule has 2 heterocycles. The fraction of sp³-hybridized carbons (Fsp3) is 0.500. The summed E-state index contributed by atoms with van der Waals surface area (Å²) in [6, 6.07) is 2.67. The second-order valence-corrected chi connectivity index (χ2v) is 5.47. The van der Waals surface area contributed by atoms with Gasteiger partial charge in [-0.05, 0) is 25.5 Å². The van der Waals surface area contributed by atoms with Crippen LogP contribution in [0.4, 0.5) is 19.0 Å². The van der Waals surface area contributed by atoms with Crippen molar-refractivity contribution in [3.05, 3.63) is 34.5 Å². The van der Waals surface area contributed by atoms with Crippen molar-refractivity contribution in [3.63, 3.8) is 0 Å². The molecule has 1 aromatic rings. The van der Waals surface area contributed by atoms with Crippen molar-refractivity contribution in [1.82, 2.24) is 9.88 Å². The number of nitrogens with one attached hydrogen (secondary N) is 1. The predicted molar refractivity (Wildman–Crippen MR) is 77.6 cm³/mol. The molecule has 1 aromatic heterocycles. The average molecular weight is 320 g/mol. The first-order valence-electron chi connectivity index (χ1n) is 6.72. The zero-order valence-electron chi connectivity index (χ0n) is 11.7. The Hall–Kier alpha value is -1.27. The first kappa shape index (κ1) is 16.1. The molecule has 21 heavy (non-hydrogen) atoms. The first-order valence-corrected chi connectivity index (χ1v) is 7.09. The summed E-state index contributed by atoms with van der Waals surface area (Å²) in [5, 5.41) is 2.53. The highest BCUT2D eigenvalue weighted by molar-refractivity contribution is 6.31. The van der Waals surface area contributed by atoms with Crippen LogP contribution in [0.5, 0.6) is 0 Å². The van der Waals surface area contributed by atoms with E-state index in [0.29, 0.717) is 6.54 Å². The molecule has 0 unspecified atom stereocenters. The fourth-order valence-corrected chi connectivity index (χ4v) is 2.47. The van der Waals surface area contributed by atoms with Crippen LogP contribution in [-0.2, 0) is 6.18 Å². The minimum absolute atomic E-state index is 0.191. The quantitative estimate of drug-likeness (QED) is 0.855. The SMILES string of the molecule is CC1=CCCN(CCNc2ccc(Cl)c(C(F)(F)F)n2)C1. The fourth-order valence-electron chi connectivity index (χ4n) is 2.26. The van der Waals surface area contributed by atoms with Gasteiger partial charge in [-0.15, -0.1) is 0 Å². The molecular formula is C14H17ClF3N3. The molecule has 3 nitrogen and oxygen atoms in total. The summed E-state index contributed by atoms with van der Waals surface area (Å²) in [4.78, 5) is 5.80. The zero-order chi connectivity index (χ0) is 15.5. The van der Waals surface area contributed by atoms with E-state index >= 15 is 0 Å². The van der Waals surface area contributed by atoms with Gasteiger partial charge in [0.15, 0.2) is 5.69 Å². The molecule has 0 atom stereocenters. The summed E-state index contributed by atoms with van der Waals surface area (Å²) in [5.41, 5.74) is 0.274. The molecular weight excluding hydrogens is 303 g/mol. The number of hydrogen-bond donors (Lipinski definition) is 1. The molecule has 0 saturated carbocycles. The molecule has 7 heteroatoms. The lowest BCUT2D eigenvalue weighted by molar-refractivity contribution is -0.140. The van der Waals surface area contributed by atoms with Gasteiger partial charge in [-0.1, -0.05) is 23.3 Å². The minimum atomic E-state index is -4.54. The van der Waals surface area contributed by atoms with Crippen molar-refractivity contribution in [2.75, 3.05) is 31.5 Å². The number of anilines is 1. The zero-order valence-corrected chi connectivity index (χ0v) is 12.4. The molecule has 0 aromatic carbocycles. The molecule has 0 bridgehead atoms. The van der Waals surface area contributed by atoms with Gasteiger partial charge < -0.3 is 5.32 Å². The van der Waals surface area contributed by atoms with Crippen molar-refractivity contribution in [3.8, 4) is 0 Å². The number of halogens is 4. The van der Waals surface area contributed by atoms with E-state index in [2.05, 4.69) is 28.2 Å². The van der Waals surface area contributed by atoms with Crippen LogP contribution in [-0.4, -0.2) is 36.1 Å². The van der Waals surface area contributed by atoms with E-state index in [-0.39, 0.29) is 10.8 Å². The molecule has 1 N–H and O–H groups in total. The standard InChI is InChI=1S/C14H17ClF3N3/c1-10-3-2-7-21(9-10)8-6-19-12-5-4-11(15)13(20-12)14(16,17)18/h3-5H,2,6-9H2,1H3,(H,19,20). The van der Waals surface area contributed by atoms with Crippen molar-refractivity contribution >= 4 is 17.4 Å².